The molecule has 2 rings (SSSR count). The summed E-state index contributed by atoms with van der Waals surface area (Å²) in [5, 5.41) is 10.3. The van der Waals surface area contributed by atoms with E-state index in [1.54, 1.807) is 36.6 Å². The summed E-state index contributed by atoms with van der Waals surface area (Å²) in [6.07, 6.45) is 1.75. The second kappa shape index (κ2) is 3.53. The molecular weight excluding hydrogens is 192 g/mol. The summed E-state index contributed by atoms with van der Waals surface area (Å²) in [6, 6.07) is 9.99. The predicted molar refractivity (Wildman–Crippen MR) is 55.7 cm³/mol. The molecule has 0 atom stereocenters. The van der Waals surface area contributed by atoms with Crippen molar-refractivity contribution >= 4 is 23.0 Å². The Balaban J connectivity index is 2.82. The number of hydrogen-bond acceptors (Lipinski definition) is 2. The Morgan fingerprint density at radius 2 is 1.93 bits per heavy atom. The highest BCUT2D eigenvalue weighted by atomic mass is 16.4. The maximum absolute atomic E-state index is 10.8. The molecule has 0 aliphatic rings. The Bertz CT molecular complexity index is 544. The first-order chi connectivity index (χ1) is 7.22. The number of fused-ring (bicyclic) bond motifs is 1. The van der Waals surface area contributed by atoms with Crippen LogP contribution in [0.1, 0.15) is 15.9 Å². The van der Waals surface area contributed by atoms with Gasteiger partial charge in [0.15, 0.2) is 0 Å². The monoisotopic (exact) mass is 199 g/mol. The molecule has 0 fully saturated rings. The number of hydrogen-bond donors (Lipinski definition) is 1. The summed E-state index contributed by atoms with van der Waals surface area (Å²) in [4.78, 5) is 21.5. The zero-order valence-corrected chi connectivity index (χ0v) is 7.73. The molecular formula is C12H7O3. The number of rotatable bonds is 2. The normalized spacial score (nSPS) is 10.1. The van der Waals surface area contributed by atoms with E-state index in [0.29, 0.717) is 0 Å². The first-order valence-corrected chi connectivity index (χ1v) is 4.36. The Labute approximate surface area is 86.0 Å². The summed E-state index contributed by atoms with van der Waals surface area (Å²) in [7, 11) is 0. The van der Waals surface area contributed by atoms with Crippen molar-refractivity contribution in [1.29, 1.82) is 0 Å². The number of carboxylic acids is 1. The largest absolute Gasteiger partial charge is 0.478 e. The molecule has 0 bridgehead atoms. The van der Waals surface area contributed by atoms with Crippen molar-refractivity contribution in [3.05, 3.63) is 47.5 Å². The molecule has 3 nitrogen and oxygen atoms in total. The molecule has 0 saturated heterocycles. The van der Waals surface area contributed by atoms with E-state index in [1.807, 2.05) is 0 Å². The lowest BCUT2D eigenvalue weighted by Crippen LogP contribution is -1.98. The van der Waals surface area contributed by atoms with Crippen molar-refractivity contribution in [2.75, 3.05) is 0 Å². The second-order valence-electron chi connectivity index (χ2n) is 3.15. The van der Waals surface area contributed by atoms with Gasteiger partial charge in [-0.15, -0.1) is 0 Å². The molecule has 2 aromatic rings. The first kappa shape index (κ1) is 9.40. The smallest absolute Gasteiger partial charge is 0.335 e. The molecule has 1 radical (unpaired) electrons. The third-order valence-electron chi connectivity index (χ3n) is 2.22. The summed E-state index contributed by atoms with van der Waals surface area (Å²) in [5.74, 6) is -1.04. The lowest BCUT2D eigenvalue weighted by atomic mass is 10.0. The third kappa shape index (κ3) is 1.59. The van der Waals surface area contributed by atoms with Crippen LogP contribution in [0.25, 0.3) is 10.8 Å². The van der Waals surface area contributed by atoms with Crippen LogP contribution in [-0.4, -0.2) is 17.4 Å². The van der Waals surface area contributed by atoms with Gasteiger partial charge in [-0.1, -0.05) is 24.3 Å². The van der Waals surface area contributed by atoms with Crippen molar-refractivity contribution in [1.82, 2.24) is 0 Å². The summed E-state index contributed by atoms with van der Waals surface area (Å²) >= 11 is 0. The highest BCUT2D eigenvalue weighted by Gasteiger charge is 2.08. The second-order valence-corrected chi connectivity index (χ2v) is 3.15. The fourth-order valence-corrected chi connectivity index (χ4v) is 1.52. The predicted octanol–water partition coefficient (Wildman–Crippen LogP) is 2.00. The van der Waals surface area contributed by atoms with E-state index in [9.17, 15) is 9.59 Å². The van der Waals surface area contributed by atoms with Gasteiger partial charge in [0.2, 0.25) is 6.29 Å². The minimum atomic E-state index is -1.04. The van der Waals surface area contributed by atoms with Gasteiger partial charge in [0.25, 0.3) is 0 Å². The standard InChI is InChI=1S/C12H7O3/c13-7-10-6-9(12(14)15)5-8-3-1-2-4-11(8)10/h1-6H,(H,14,15). The zero-order valence-electron chi connectivity index (χ0n) is 7.73. The quantitative estimate of drug-likeness (QED) is 0.804. The highest BCUT2D eigenvalue weighted by molar-refractivity contribution is 6.03. The van der Waals surface area contributed by atoms with Crippen LogP contribution in [0.5, 0.6) is 0 Å². The van der Waals surface area contributed by atoms with E-state index in [-0.39, 0.29) is 11.1 Å². The van der Waals surface area contributed by atoms with Crippen LogP contribution in [0.2, 0.25) is 0 Å². The SMILES string of the molecule is O=[C]c1cc(C(=O)O)cc2ccccc12. The molecule has 0 heterocycles. The van der Waals surface area contributed by atoms with E-state index in [4.69, 9.17) is 5.11 Å². The van der Waals surface area contributed by atoms with Gasteiger partial charge in [-0.2, -0.15) is 0 Å². The molecule has 0 aliphatic heterocycles. The van der Waals surface area contributed by atoms with Crippen molar-refractivity contribution in [2.24, 2.45) is 0 Å². The van der Waals surface area contributed by atoms with Gasteiger partial charge >= 0.3 is 5.97 Å². The van der Waals surface area contributed by atoms with Crippen LogP contribution in [0.4, 0.5) is 0 Å². The zero-order chi connectivity index (χ0) is 10.8. The molecule has 0 aliphatic carbocycles. The Hall–Kier alpha value is -2.16. The third-order valence-corrected chi connectivity index (χ3v) is 2.22. The van der Waals surface area contributed by atoms with Crippen molar-refractivity contribution in [2.45, 2.75) is 0 Å². The Kier molecular flexibility index (Phi) is 2.21. The van der Waals surface area contributed by atoms with Gasteiger partial charge < -0.3 is 5.11 Å². The van der Waals surface area contributed by atoms with E-state index in [0.717, 1.165) is 10.8 Å². The summed E-state index contributed by atoms with van der Waals surface area (Å²) < 4.78 is 0. The van der Waals surface area contributed by atoms with Crippen LogP contribution >= 0.6 is 0 Å². The topological polar surface area (TPSA) is 54.4 Å². The fraction of sp³-hybridized carbons (Fsp3) is 0. The number of carbonyl (C=O) groups is 1. The number of carboxylic acid groups (broad SMARTS) is 1. The van der Waals surface area contributed by atoms with E-state index in [1.165, 1.54) is 6.07 Å². The molecule has 0 amide bonds. The van der Waals surface area contributed by atoms with Gasteiger partial charge in [-0.25, -0.2) is 4.79 Å². The average Bonchev–Trinajstić information content (AvgIpc) is 2.27. The van der Waals surface area contributed by atoms with Crippen molar-refractivity contribution in [3.63, 3.8) is 0 Å². The molecule has 0 spiro atoms. The highest BCUT2D eigenvalue weighted by Crippen LogP contribution is 2.19. The van der Waals surface area contributed by atoms with Crippen LogP contribution < -0.4 is 0 Å². The van der Waals surface area contributed by atoms with Crippen molar-refractivity contribution < 1.29 is 14.7 Å². The number of aromatic carboxylic acids is 1. The maximum Gasteiger partial charge on any atom is 0.335 e. The fourth-order valence-electron chi connectivity index (χ4n) is 1.52. The molecule has 2 aromatic carbocycles. The molecule has 15 heavy (non-hydrogen) atoms. The van der Waals surface area contributed by atoms with E-state index >= 15 is 0 Å². The van der Waals surface area contributed by atoms with E-state index in [2.05, 4.69) is 0 Å². The minimum absolute atomic E-state index is 0.104. The van der Waals surface area contributed by atoms with Gasteiger partial charge in [0, 0.05) is 5.56 Å². The lowest BCUT2D eigenvalue weighted by Gasteiger charge is -2.02. The molecule has 3 heteroatoms. The first-order valence-electron chi connectivity index (χ1n) is 4.36. The van der Waals surface area contributed by atoms with Crippen LogP contribution in [0.15, 0.2) is 36.4 Å². The lowest BCUT2D eigenvalue weighted by molar-refractivity contribution is 0.0697. The molecule has 0 saturated carbocycles. The molecule has 0 aromatic heterocycles. The van der Waals surface area contributed by atoms with Crippen LogP contribution in [0.3, 0.4) is 0 Å². The van der Waals surface area contributed by atoms with Gasteiger partial charge in [-0.3, -0.25) is 4.79 Å². The van der Waals surface area contributed by atoms with E-state index < -0.39 is 5.97 Å². The molecule has 0 unspecified atom stereocenters. The van der Waals surface area contributed by atoms with Gasteiger partial charge in [-0.05, 0) is 22.9 Å². The van der Waals surface area contributed by atoms with Gasteiger partial charge in [0.05, 0.1) is 5.56 Å². The summed E-state index contributed by atoms with van der Waals surface area (Å²) in [5.41, 5.74) is 0.387. The number of carbonyl (C=O) groups excluding carboxylic acids is 1. The summed E-state index contributed by atoms with van der Waals surface area (Å²) in [6.45, 7) is 0. The average molecular weight is 199 g/mol. The molecule has 73 valence electrons. The molecule has 1 N–H and O–H groups in total. The van der Waals surface area contributed by atoms with Crippen molar-refractivity contribution in [3.8, 4) is 0 Å². The number of benzene rings is 2. The van der Waals surface area contributed by atoms with Gasteiger partial charge in [0.1, 0.15) is 0 Å². The Morgan fingerprint density at radius 1 is 1.20 bits per heavy atom. The van der Waals surface area contributed by atoms with Crippen LogP contribution in [-0.2, 0) is 4.79 Å². The minimum Gasteiger partial charge on any atom is -0.478 e. The van der Waals surface area contributed by atoms with Crippen LogP contribution in [0, 0.1) is 0 Å². The maximum atomic E-state index is 10.8. The Morgan fingerprint density at radius 3 is 2.60 bits per heavy atom.